The quantitative estimate of drug-likeness (QED) is 0.857. The minimum absolute atomic E-state index is 0.319. The Morgan fingerprint density at radius 2 is 2.32 bits per heavy atom. The van der Waals surface area contributed by atoms with Gasteiger partial charge in [0.15, 0.2) is 0 Å². The predicted molar refractivity (Wildman–Crippen MR) is 74.8 cm³/mol. The molecule has 4 nitrogen and oxygen atoms in total. The van der Waals surface area contributed by atoms with Crippen LogP contribution in [-0.4, -0.2) is 30.3 Å². The lowest BCUT2D eigenvalue weighted by Crippen LogP contribution is -2.22. The number of carboxylic acids is 1. The summed E-state index contributed by atoms with van der Waals surface area (Å²) in [6.07, 6.45) is 4.74. The van der Waals surface area contributed by atoms with Crippen molar-refractivity contribution in [2.75, 3.05) is 18.5 Å². The van der Waals surface area contributed by atoms with E-state index in [1.165, 1.54) is 6.42 Å². The minimum atomic E-state index is -0.892. The van der Waals surface area contributed by atoms with Gasteiger partial charge in [0, 0.05) is 18.8 Å². The molecule has 1 aromatic rings. The van der Waals surface area contributed by atoms with Crippen LogP contribution >= 0.6 is 0 Å². The Kier molecular flexibility index (Phi) is 4.80. The van der Waals surface area contributed by atoms with Gasteiger partial charge < -0.3 is 15.2 Å². The highest BCUT2D eigenvalue weighted by molar-refractivity contribution is 5.94. The Morgan fingerprint density at radius 3 is 3.00 bits per heavy atom. The molecule has 1 aromatic carbocycles. The summed E-state index contributed by atoms with van der Waals surface area (Å²) in [6.45, 7) is 3.56. The zero-order valence-electron chi connectivity index (χ0n) is 11.3. The summed E-state index contributed by atoms with van der Waals surface area (Å²) in [4.78, 5) is 11.1. The highest BCUT2D eigenvalue weighted by atomic mass is 16.5. The third-order valence-corrected chi connectivity index (χ3v) is 3.46. The predicted octanol–water partition coefficient (Wildman–Crippen LogP) is 3.06. The van der Waals surface area contributed by atoms with Crippen molar-refractivity contribution in [2.24, 2.45) is 0 Å². The highest BCUT2D eigenvalue weighted by Crippen LogP contribution is 2.19. The summed E-state index contributed by atoms with van der Waals surface area (Å²) in [7, 11) is 0. The number of anilines is 1. The summed E-state index contributed by atoms with van der Waals surface area (Å²) >= 11 is 0. The zero-order chi connectivity index (χ0) is 13.7. The molecule has 0 amide bonds. The van der Waals surface area contributed by atoms with Gasteiger partial charge in [-0.1, -0.05) is 6.07 Å². The zero-order valence-corrected chi connectivity index (χ0v) is 11.3. The van der Waals surface area contributed by atoms with Gasteiger partial charge in [0.25, 0.3) is 0 Å². The molecule has 19 heavy (non-hydrogen) atoms. The Balaban J connectivity index is 1.91. The summed E-state index contributed by atoms with van der Waals surface area (Å²) in [6, 6.07) is 5.35. The van der Waals surface area contributed by atoms with Crippen LogP contribution in [0.1, 0.15) is 41.6 Å². The molecule has 0 aliphatic carbocycles. The van der Waals surface area contributed by atoms with E-state index in [0.717, 1.165) is 38.0 Å². The third-order valence-electron chi connectivity index (χ3n) is 3.46. The van der Waals surface area contributed by atoms with Gasteiger partial charge in [-0.15, -0.1) is 0 Å². The van der Waals surface area contributed by atoms with E-state index in [-0.39, 0.29) is 0 Å². The Labute approximate surface area is 113 Å². The van der Waals surface area contributed by atoms with Crippen molar-refractivity contribution in [3.8, 4) is 0 Å². The third kappa shape index (κ3) is 3.96. The van der Waals surface area contributed by atoms with E-state index >= 15 is 0 Å². The fourth-order valence-electron chi connectivity index (χ4n) is 2.39. The molecule has 1 atom stereocenters. The van der Waals surface area contributed by atoms with Gasteiger partial charge in [-0.3, -0.25) is 0 Å². The van der Waals surface area contributed by atoms with Crippen molar-refractivity contribution < 1.29 is 14.6 Å². The monoisotopic (exact) mass is 263 g/mol. The second-order valence-corrected chi connectivity index (χ2v) is 5.06. The smallest absolute Gasteiger partial charge is 0.337 e. The maximum Gasteiger partial charge on any atom is 0.337 e. The number of nitrogens with one attached hydrogen (secondary N) is 1. The first kappa shape index (κ1) is 13.9. The Bertz CT molecular complexity index is 439. The van der Waals surface area contributed by atoms with Crippen LogP contribution in [0.5, 0.6) is 0 Å². The second kappa shape index (κ2) is 6.57. The van der Waals surface area contributed by atoms with Gasteiger partial charge in [0.05, 0.1) is 11.7 Å². The summed E-state index contributed by atoms with van der Waals surface area (Å²) in [5.41, 5.74) is 2.08. The lowest BCUT2D eigenvalue weighted by molar-refractivity contribution is 0.0134. The maximum atomic E-state index is 11.1. The molecule has 1 aliphatic rings. The summed E-state index contributed by atoms with van der Waals surface area (Å²) in [5.74, 6) is -0.892. The van der Waals surface area contributed by atoms with Crippen LogP contribution in [0, 0.1) is 6.92 Å². The molecular weight excluding hydrogens is 242 g/mol. The average Bonchev–Trinajstić information content (AvgIpc) is 2.39. The molecule has 1 aliphatic heterocycles. The van der Waals surface area contributed by atoms with Crippen molar-refractivity contribution in [1.82, 2.24) is 0 Å². The molecule has 0 aromatic heterocycles. The molecule has 0 spiro atoms. The molecule has 1 fully saturated rings. The van der Waals surface area contributed by atoms with Gasteiger partial charge in [-0.25, -0.2) is 4.79 Å². The number of rotatable bonds is 5. The summed E-state index contributed by atoms with van der Waals surface area (Å²) < 4.78 is 5.66. The molecule has 104 valence electrons. The number of hydrogen-bond acceptors (Lipinski definition) is 3. The Morgan fingerprint density at radius 1 is 1.47 bits per heavy atom. The van der Waals surface area contributed by atoms with Crippen LogP contribution in [0.4, 0.5) is 5.69 Å². The largest absolute Gasteiger partial charge is 0.478 e. The minimum Gasteiger partial charge on any atom is -0.478 e. The van der Waals surface area contributed by atoms with Crippen molar-refractivity contribution >= 4 is 11.7 Å². The van der Waals surface area contributed by atoms with E-state index in [9.17, 15) is 4.79 Å². The topological polar surface area (TPSA) is 58.6 Å². The van der Waals surface area contributed by atoms with E-state index in [1.807, 2.05) is 19.1 Å². The molecule has 4 heteroatoms. The number of benzene rings is 1. The van der Waals surface area contributed by atoms with Crippen LogP contribution in [0.3, 0.4) is 0 Å². The van der Waals surface area contributed by atoms with E-state index in [0.29, 0.717) is 17.4 Å². The maximum absolute atomic E-state index is 11.1. The molecule has 1 saturated heterocycles. The van der Waals surface area contributed by atoms with Gasteiger partial charge in [-0.2, -0.15) is 0 Å². The molecule has 1 heterocycles. The molecule has 0 bridgehead atoms. The van der Waals surface area contributed by atoms with Crippen LogP contribution in [0.2, 0.25) is 0 Å². The van der Waals surface area contributed by atoms with E-state index in [4.69, 9.17) is 9.84 Å². The SMILES string of the molecule is Cc1ccc(C(=O)O)c(NCCC2CCCCO2)c1. The Hall–Kier alpha value is -1.55. The molecule has 2 rings (SSSR count). The second-order valence-electron chi connectivity index (χ2n) is 5.06. The van der Waals surface area contributed by atoms with Crippen molar-refractivity contribution in [2.45, 2.75) is 38.7 Å². The van der Waals surface area contributed by atoms with Crippen molar-refractivity contribution in [3.63, 3.8) is 0 Å². The number of hydrogen-bond donors (Lipinski definition) is 2. The average molecular weight is 263 g/mol. The number of aryl methyl sites for hydroxylation is 1. The molecule has 2 N–H and O–H groups in total. The number of ether oxygens (including phenoxy) is 1. The fourth-order valence-corrected chi connectivity index (χ4v) is 2.39. The van der Waals surface area contributed by atoms with E-state index in [2.05, 4.69) is 5.32 Å². The van der Waals surface area contributed by atoms with E-state index < -0.39 is 5.97 Å². The number of aromatic carboxylic acids is 1. The number of carboxylic acid groups (broad SMARTS) is 1. The first-order valence-electron chi connectivity index (χ1n) is 6.86. The van der Waals surface area contributed by atoms with Crippen molar-refractivity contribution in [3.05, 3.63) is 29.3 Å². The van der Waals surface area contributed by atoms with Crippen LogP contribution in [0.25, 0.3) is 0 Å². The standard InChI is InChI=1S/C15H21NO3/c1-11-5-6-13(15(17)18)14(10-11)16-8-7-12-4-2-3-9-19-12/h5-6,10,12,16H,2-4,7-9H2,1H3,(H,17,18). The summed E-state index contributed by atoms with van der Waals surface area (Å²) in [5, 5.41) is 12.4. The first-order valence-corrected chi connectivity index (χ1v) is 6.86. The number of carbonyl (C=O) groups is 1. The molecule has 0 radical (unpaired) electrons. The van der Waals surface area contributed by atoms with Crippen LogP contribution in [0.15, 0.2) is 18.2 Å². The van der Waals surface area contributed by atoms with Gasteiger partial charge in [0.1, 0.15) is 0 Å². The van der Waals surface area contributed by atoms with Gasteiger partial charge in [-0.05, 0) is 50.3 Å². The lowest BCUT2D eigenvalue weighted by atomic mass is 10.1. The van der Waals surface area contributed by atoms with Crippen LogP contribution in [-0.2, 0) is 4.74 Å². The van der Waals surface area contributed by atoms with Gasteiger partial charge in [0.2, 0.25) is 0 Å². The molecular formula is C15H21NO3. The normalized spacial score (nSPS) is 19.1. The highest BCUT2D eigenvalue weighted by Gasteiger charge is 2.14. The van der Waals surface area contributed by atoms with Crippen molar-refractivity contribution in [1.29, 1.82) is 0 Å². The van der Waals surface area contributed by atoms with Gasteiger partial charge >= 0.3 is 5.97 Å². The molecule has 0 saturated carbocycles. The van der Waals surface area contributed by atoms with Crippen LogP contribution < -0.4 is 5.32 Å². The lowest BCUT2D eigenvalue weighted by Gasteiger charge is -2.23. The van der Waals surface area contributed by atoms with E-state index in [1.54, 1.807) is 6.07 Å². The fraction of sp³-hybridized carbons (Fsp3) is 0.533. The molecule has 1 unspecified atom stereocenters. The first-order chi connectivity index (χ1) is 9.16.